The summed E-state index contributed by atoms with van der Waals surface area (Å²) in [7, 11) is 1.67. The zero-order valence-electron chi connectivity index (χ0n) is 9.03. The van der Waals surface area contributed by atoms with Gasteiger partial charge in [-0.1, -0.05) is 0 Å². The van der Waals surface area contributed by atoms with Gasteiger partial charge in [-0.15, -0.1) is 11.6 Å². The van der Waals surface area contributed by atoms with Crippen molar-refractivity contribution in [3.05, 3.63) is 18.0 Å². The Bertz CT molecular complexity index is 273. The molecular formula is C10H16ClN3O. The summed E-state index contributed by atoms with van der Waals surface area (Å²) in [4.78, 5) is 8.32. The number of aromatic nitrogens is 2. The van der Waals surface area contributed by atoms with Gasteiger partial charge in [-0.2, -0.15) is 0 Å². The summed E-state index contributed by atoms with van der Waals surface area (Å²) in [6.07, 6.45) is 4.38. The zero-order valence-corrected chi connectivity index (χ0v) is 9.79. The molecular weight excluding hydrogens is 214 g/mol. The van der Waals surface area contributed by atoms with Gasteiger partial charge >= 0.3 is 0 Å². The Kier molecular flexibility index (Phi) is 5.36. The average Bonchev–Trinajstić information content (AvgIpc) is 2.22. The highest BCUT2D eigenvalue weighted by atomic mass is 35.5. The lowest BCUT2D eigenvalue weighted by Crippen LogP contribution is -2.26. The third-order valence-corrected chi connectivity index (χ3v) is 2.16. The minimum absolute atomic E-state index is 0.162. The van der Waals surface area contributed by atoms with Crippen LogP contribution in [0.3, 0.4) is 0 Å². The van der Waals surface area contributed by atoms with Crippen molar-refractivity contribution < 1.29 is 4.74 Å². The summed E-state index contributed by atoms with van der Waals surface area (Å²) in [5.74, 6) is 1.21. The van der Waals surface area contributed by atoms with Crippen LogP contribution in [0.15, 0.2) is 12.4 Å². The van der Waals surface area contributed by atoms with E-state index in [9.17, 15) is 0 Å². The fraction of sp³-hybridized carbons (Fsp3) is 0.600. The number of rotatable bonds is 6. The van der Waals surface area contributed by atoms with Crippen molar-refractivity contribution in [2.75, 3.05) is 24.9 Å². The van der Waals surface area contributed by atoms with E-state index in [0.29, 0.717) is 18.4 Å². The highest BCUT2D eigenvalue weighted by Crippen LogP contribution is 2.05. The predicted octanol–water partition coefficient (Wildman–Crippen LogP) is 1.84. The van der Waals surface area contributed by atoms with Crippen molar-refractivity contribution in [2.45, 2.75) is 19.4 Å². The molecule has 0 saturated heterocycles. The summed E-state index contributed by atoms with van der Waals surface area (Å²) in [5, 5.41) is 3.18. The zero-order chi connectivity index (χ0) is 11.1. The third kappa shape index (κ3) is 4.44. The fourth-order valence-corrected chi connectivity index (χ4v) is 1.44. The van der Waals surface area contributed by atoms with Gasteiger partial charge in [0.05, 0.1) is 12.6 Å². The standard InChI is InChI=1S/C10H16ClN3O/c1-8-5-12-10(13-6-8)14-9(3-4-11)7-15-2/h5-6,9H,3-4,7H2,1-2H3,(H,12,13,14). The first-order chi connectivity index (χ1) is 7.26. The molecule has 1 unspecified atom stereocenters. The van der Waals surface area contributed by atoms with Crippen LogP contribution in [-0.4, -0.2) is 35.6 Å². The molecule has 15 heavy (non-hydrogen) atoms. The quantitative estimate of drug-likeness (QED) is 0.757. The summed E-state index contributed by atoms with van der Waals surface area (Å²) < 4.78 is 5.08. The topological polar surface area (TPSA) is 47.0 Å². The maximum atomic E-state index is 5.69. The van der Waals surface area contributed by atoms with Crippen LogP contribution in [0.5, 0.6) is 0 Å². The SMILES string of the molecule is COCC(CCCl)Nc1ncc(C)cn1. The van der Waals surface area contributed by atoms with Crippen LogP contribution in [0.2, 0.25) is 0 Å². The first-order valence-electron chi connectivity index (χ1n) is 4.86. The number of hydrogen-bond acceptors (Lipinski definition) is 4. The molecule has 4 nitrogen and oxygen atoms in total. The highest BCUT2D eigenvalue weighted by molar-refractivity contribution is 6.17. The van der Waals surface area contributed by atoms with E-state index in [2.05, 4.69) is 15.3 Å². The summed E-state index contributed by atoms with van der Waals surface area (Å²) in [6.45, 7) is 2.55. The number of hydrogen-bond donors (Lipinski definition) is 1. The molecule has 0 aliphatic heterocycles. The molecule has 0 bridgehead atoms. The third-order valence-electron chi connectivity index (χ3n) is 1.94. The van der Waals surface area contributed by atoms with Crippen molar-refractivity contribution in [3.63, 3.8) is 0 Å². The van der Waals surface area contributed by atoms with Crippen LogP contribution >= 0.6 is 11.6 Å². The van der Waals surface area contributed by atoms with E-state index in [1.807, 2.05) is 6.92 Å². The van der Waals surface area contributed by atoms with E-state index >= 15 is 0 Å². The molecule has 1 N–H and O–H groups in total. The largest absolute Gasteiger partial charge is 0.383 e. The van der Waals surface area contributed by atoms with Gasteiger partial charge in [-0.05, 0) is 18.9 Å². The lowest BCUT2D eigenvalue weighted by molar-refractivity contribution is 0.184. The van der Waals surface area contributed by atoms with Crippen LogP contribution in [0.4, 0.5) is 5.95 Å². The van der Waals surface area contributed by atoms with E-state index in [1.54, 1.807) is 19.5 Å². The van der Waals surface area contributed by atoms with Gasteiger partial charge in [0, 0.05) is 25.4 Å². The molecule has 1 atom stereocenters. The summed E-state index contributed by atoms with van der Waals surface area (Å²) in [5.41, 5.74) is 1.04. The van der Waals surface area contributed by atoms with Gasteiger partial charge in [0.25, 0.3) is 0 Å². The Balaban J connectivity index is 2.53. The van der Waals surface area contributed by atoms with E-state index in [-0.39, 0.29) is 6.04 Å². The van der Waals surface area contributed by atoms with Gasteiger partial charge in [0.2, 0.25) is 5.95 Å². The number of methoxy groups -OCH3 is 1. The van der Waals surface area contributed by atoms with E-state index in [4.69, 9.17) is 16.3 Å². The Labute approximate surface area is 95.0 Å². The molecule has 1 heterocycles. The Morgan fingerprint density at radius 3 is 2.67 bits per heavy atom. The maximum absolute atomic E-state index is 5.69. The monoisotopic (exact) mass is 229 g/mol. The molecule has 1 aromatic rings. The second-order valence-corrected chi connectivity index (χ2v) is 3.74. The molecule has 0 aromatic carbocycles. The van der Waals surface area contributed by atoms with E-state index < -0.39 is 0 Å². The second kappa shape index (κ2) is 6.58. The minimum Gasteiger partial charge on any atom is -0.383 e. The van der Waals surface area contributed by atoms with Gasteiger partial charge in [0.15, 0.2) is 0 Å². The molecule has 1 rings (SSSR count). The van der Waals surface area contributed by atoms with Crippen molar-refractivity contribution in [1.29, 1.82) is 0 Å². The first-order valence-corrected chi connectivity index (χ1v) is 5.39. The number of nitrogens with zero attached hydrogens (tertiary/aromatic N) is 2. The Morgan fingerprint density at radius 2 is 2.13 bits per heavy atom. The lowest BCUT2D eigenvalue weighted by Gasteiger charge is -2.16. The molecule has 0 aliphatic rings. The second-order valence-electron chi connectivity index (χ2n) is 3.36. The molecule has 0 saturated carbocycles. The normalized spacial score (nSPS) is 12.5. The first kappa shape index (κ1) is 12.2. The molecule has 0 aliphatic carbocycles. The van der Waals surface area contributed by atoms with Crippen molar-refractivity contribution >= 4 is 17.5 Å². The van der Waals surface area contributed by atoms with E-state index in [0.717, 1.165) is 12.0 Å². The van der Waals surface area contributed by atoms with Crippen LogP contribution < -0.4 is 5.32 Å². The van der Waals surface area contributed by atoms with Crippen LogP contribution in [0.1, 0.15) is 12.0 Å². The molecule has 0 radical (unpaired) electrons. The van der Waals surface area contributed by atoms with Crippen LogP contribution in [0.25, 0.3) is 0 Å². The fourth-order valence-electron chi connectivity index (χ4n) is 1.18. The molecule has 0 fully saturated rings. The number of nitrogens with one attached hydrogen (secondary N) is 1. The molecule has 84 valence electrons. The van der Waals surface area contributed by atoms with Gasteiger partial charge in [0.1, 0.15) is 0 Å². The van der Waals surface area contributed by atoms with Gasteiger partial charge in [-0.25, -0.2) is 9.97 Å². The van der Waals surface area contributed by atoms with E-state index in [1.165, 1.54) is 0 Å². The predicted molar refractivity (Wildman–Crippen MR) is 61.4 cm³/mol. The van der Waals surface area contributed by atoms with Gasteiger partial charge in [-0.3, -0.25) is 0 Å². The van der Waals surface area contributed by atoms with Crippen molar-refractivity contribution in [3.8, 4) is 0 Å². The maximum Gasteiger partial charge on any atom is 0.222 e. The Morgan fingerprint density at radius 1 is 1.47 bits per heavy atom. The number of aryl methyl sites for hydroxylation is 1. The molecule has 0 spiro atoms. The highest BCUT2D eigenvalue weighted by Gasteiger charge is 2.08. The lowest BCUT2D eigenvalue weighted by atomic mass is 10.2. The number of alkyl halides is 1. The summed E-state index contributed by atoms with van der Waals surface area (Å²) >= 11 is 5.69. The number of anilines is 1. The number of ether oxygens (including phenoxy) is 1. The molecule has 1 aromatic heterocycles. The molecule has 5 heteroatoms. The smallest absolute Gasteiger partial charge is 0.222 e. The van der Waals surface area contributed by atoms with Crippen LogP contribution in [-0.2, 0) is 4.74 Å². The van der Waals surface area contributed by atoms with Crippen LogP contribution in [0, 0.1) is 6.92 Å². The van der Waals surface area contributed by atoms with Crippen molar-refractivity contribution in [2.24, 2.45) is 0 Å². The average molecular weight is 230 g/mol. The number of halogens is 1. The van der Waals surface area contributed by atoms with Crippen molar-refractivity contribution in [1.82, 2.24) is 9.97 Å². The van der Waals surface area contributed by atoms with Gasteiger partial charge < -0.3 is 10.1 Å². The minimum atomic E-state index is 0.162. The Hall–Kier alpha value is -0.870. The summed E-state index contributed by atoms with van der Waals surface area (Å²) in [6, 6.07) is 0.162. The molecule has 0 amide bonds.